The van der Waals surface area contributed by atoms with Crippen molar-refractivity contribution in [1.82, 2.24) is 0 Å². The van der Waals surface area contributed by atoms with Crippen LogP contribution in [0.25, 0.3) is 0 Å². The van der Waals surface area contributed by atoms with Gasteiger partial charge in [0.1, 0.15) is 9.75 Å². The number of hydrogen-bond donors (Lipinski definition) is 2. The molecule has 0 aromatic heterocycles. The van der Waals surface area contributed by atoms with E-state index in [1.165, 1.54) is 0 Å². The zero-order valence-electron chi connectivity index (χ0n) is 9.89. The van der Waals surface area contributed by atoms with Gasteiger partial charge in [-0.25, -0.2) is 0 Å². The first kappa shape index (κ1) is 17.8. The van der Waals surface area contributed by atoms with E-state index in [1.807, 2.05) is 12.2 Å². The Hall–Kier alpha value is 1.43. The Balaban J connectivity index is 0.000000452. The molecule has 2 bridgehead atoms. The van der Waals surface area contributed by atoms with E-state index in [2.05, 4.69) is 11.5 Å². The summed E-state index contributed by atoms with van der Waals surface area (Å²) in [5.41, 5.74) is 9.25. The molecular weight excluding hydrogens is 408 g/mol. The van der Waals surface area contributed by atoms with Crippen LogP contribution >= 0.6 is 81.2 Å². The molecule has 0 saturated heterocycles. The first-order valence-electron chi connectivity index (χ1n) is 5.66. The lowest BCUT2D eigenvalue weighted by Crippen LogP contribution is -2.45. The van der Waals surface area contributed by atoms with Gasteiger partial charge in [-0.2, -0.15) is 0 Å². The second kappa shape index (κ2) is 5.51. The minimum Gasteiger partial charge on any atom is -0.319 e. The highest BCUT2D eigenvalue weighted by molar-refractivity contribution is 6.66. The van der Waals surface area contributed by atoms with Gasteiger partial charge in [0.25, 0.3) is 0 Å². The molecule has 9 heteroatoms. The van der Waals surface area contributed by atoms with Gasteiger partial charge >= 0.3 is 0 Å². The summed E-state index contributed by atoms with van der Waals surface area (Å²) < 4.78 is -1.48. The molecule has 0 aromatic carbocycles. The molecule has 0 aliphatic heterocycles. The van der Waals surface area contributed by atoms with E-state index < -0.39 is 14.1 Å². The second-order valence-electron chi connectivity index (χ2n) is 4.74. The zero-order chi connectivity index (χ0) is 15.5. The maximum absolute atomic E-state index is 6.57. The third-order valence-corrected chi connectivity index (χ3v) is 8.61. The average Bonchev–Trinajstić information content (AvgIpc) is 2.85. The normalized spacial score (nSPS) is 47.4. The molecule has 0 aromatic rings. The molecule has 0 spiro atoms. The number of hydrogen-bond acceptors (Lipinski definition) is 2. The Morgan fingerprint density at radius 1 is 0.950 bits per heavy atom. The van der Waals surface area contributed by atoms with Crippen molar-refractivity contribution in [3.05, 3.63) is 22.2 Å². The van der Waals surface area contributed by atoms with Crippen LogP contribution in [0.5, 0.6) is 0 Å². The molecule has 1 saturated carbocycles. The molecule has 3 aliphatic rings. The van der Waals surface area contributed by atoms with Gasteiger partial charge < -0.3 is 11.5 Å². The Morgan fingerprint density at radius 3 is 1.90 bits per heavy atom. The van der Waals surface area contributed by atoms with Gasteiger partial charge in [-0.1, -0.05) is 58.6 Å². The van der Waals surface area contributed by atoms with Crippen LogP contribution in [0.1, 0.15) is 0 Å². The summed E-state index contributed by atoms with van der Waals surface area (Å²) in [5, 5.41) is 0.113. The summed E-state index contributed by atoms with van der Waals surface area (Å²) in [6, 6.07) is 0. The van der Waals surface area contributed by atoms with E-state index in [4.69, 9.17) is 81.2 Å². The number of fused-ring (bicyclic) bond motifs is 5. The molecule has 0 amide bonds. The number of halogens is 7. The molecule has 5 atom stereocenters. The lowest BCUT2D eigenvalue weighted by Gasteiger charge is -2.34. The maximum atomic E-state index is 6.57. The molecule has 0 radical (unpaired) electrons. The molecule has 5 unspecified atom stereocenters. The molecule has 0 heterocycles. The number of nitrogens with two attached hydrogens (primary N) is 2. The van der Waals surface area contributed by atoms with Crippen LogP contribution in [0.3, 0.4) is 0 Å². The van der Waals surface area contributed by atoms with Crippen molar-refractivity contribution in [2.75, 3.05) is 6.67 Å². The summed E-state index contributed by atoms with van der Waals surface area (Å²) in [6.07, 6.45) is 3.69. The summed E-state index contributed by atoms with van der Waals surface area (Å²) in [5.74, 6) is -0.470. The van der Waals surface area contributed by atoms with Crippen molar-refractivity contribution >= 4 is 81.2 Å². The van der Waals surface area contributed by atoms with Crippen molar-refractivity contribution in [2.24, 2.45) is 23.3 Å². The Bertz CT molecular complexity index is 491. The largest absolute Gasteiger partial charge is 0.319 e. The Kier molecular flexibility index (Phi) is 4.89. The van der Waals surface area contributed by atoms with Crippen LogP contribution in [0, 0.1) is 11.8 Å². The fourth-order valence-corrected chi connectivity index (χ4v) is 6.60. The predicted octanol–water partition coefficient (Wildman–Crippen LogP) is 4.10. The van der Waals surface area contributed by atoms with Crippen LogP contribution in [0.15, 0.2) is 22.2 Å². The smallest absolute Gasteiger partial charge is 0.167 e. The first-order valence-corrected chi connectivity index (χ1v) is 8.37. The quantitative estimate of drug-likeness (QED) is 0.353. The summed E-state index contributed by atoms with van der Waals surface area (Å²) in [6.45, 7) is 0.250. The molecule has 1 fully saturated rings. The van der Waals surface area contributed by atoms with Gasteiger partial charge in [0.2, 0.25) is 0 Å². The van der Waals surface area contributed by atoms with Crippen LogP contribution in [-0.4, -0.2) is 26.1 Å². The van der Waals surface area contributed by atoms with Crippen molar-refractivity contribution in [3.8, 4) is 0 Å². The molecule has 3 rings (SSSR count). The molecule has 3 aliphatic carbocycles. The van der Waals surface area contributed by atoms with Crippen LogP contribution in [0.2, 0.25) is 0 Å². The topological polar surface area (TPSA) is 52.0 Å². The monoisotopic (exact) mass is 416 g/mol. The summed E-state index contributed by atoms with van der Waals surface area (Å²) >= 11 is 44.5. The van der Waals surface area contributed by atoms with E-state index in [-0.39, 0.29) is 33.9 Å². The van der Waals surface area contributed by atoms with Gasteiger partial charge in [-0.05, 0) is 0 Å². The zero-order valence-corrected chi connectivity index (χ0v) is 15.2. The first-order chi connectivity index (χ1) is 9.12. The van der Waals surface area contributed by atoms with Crippen molar-refractivity contribution in [1.29, 1.82) is 0 Å². The third-order valence-electron chi connectivity index (χ3n) is 3.90. The highest BCUT2D eigenvalue weighted by atomic mass is 35.5. The summed E-state index contributed by atoms with van der Waals surface area (Å²) in [4.78, 5) is -2.45. The molecule has 2 nitrogen and oxygen atoms in total. The maximum Gasteiger partial charge on any atom is 0.167 e. The number of alkyl halides is 5. The summed E-state index contributed by atoms with van der Waals surface area (Å²) in [7, 11) is 0. The van der Waals surface area contributed by atoms with Crippen LogP contribution in [-0.2, 0) is 0 Å². The predicted molar refractivity (Wildman–Crippen MR) is 89.3 cm³/mol. The van der Waals surface area contributed by atoms with Gasteiger partial charge in [0.15, 0.2) is 4.33 Å². The number of rotatable bonds is 0. The SMILES string of the molecule is ClC1=C(Cl)C2(Cl)C3C(Cl)C=CC3C1(Cl)C2(Cl)Cl.NCN. The van der Waals surface area contributed by atoms with Crippen molar-refractivity contribution in [2.45, 2.75) is 19.5 Å². The Morgan fingerprint density at radius 2 is 1.40 bits per heavy atom. The number of allylic oxidation sites excluding steroid dienone is 4. The van der Waals surface area contributed by atoms with E-state index in [9.17, 15) is 0 Å². The highest BCUT2D eigenvalue weighted by Gasteiger charge is 2.83. The van der Waals surface area contributed by atoms with Crippen LogP contribution < -0.4 is 11.5 Å². The third kappa shape index (κ3) is 1.81. The lowest BCUT2D eigenvalue weighted by molar-refractivity contribution is 0.420. The standard InChI is InChI=1S/C10H5Cl7.CH6N2/c11-4-2-1-3-5(4)9(15)7(13)6(12)8(3,14)10(9,16)17;2-1-3/h1-5H;1-3H2. The second-order valence-corrected chi connectivity index (χ2v) is 8.52. The van der Waals surface area contributed by atoms with Crippen LogP contribution in [0.4, 0.5) is 0 Å². The van der Waals surface area contributed by atoms with Crippen molar-refractivity contribution < 1.29 is 0 Å². The van der Waals surface area contributed by atoms with E-state index in [0.29, 0.717) is 0 Å². The van der Waals surface area contributed by atoms with Gasteiger partial charge in [-0.15, -0.1) is 34.8 Å². The van der Waals surface area contributed by atoms with Gasteiger partial charge in [0, 0.05) is 18.5 Å². The van der Waals surface area contributed by atoms with E-state index in [1.54, 1.807) is 0 Å². The van der Waals surface area contributed by atoms with E-state index >= 15 is 0 Å². The van der Waals surface area contributed by atoms with E-state index in [0.717, 1.165) is 0 Å². The molecule has 20 heavy (non-hydrogen) atoms. The fourth-order valence-electron chi connectivity index (χ4n) is 3.08. The minimum absolute atomic E-state index is 0.205. The highest BCUT2D eigenvalue weighted by Crippen LogP contribution is 2.78. The molecule has 4 N–H and O–H groups in total. The lowest BCUT2D eigenvalue weighted by atomic mass is 9.84. The van der Waals surface area contributed by atoms with Crippen molar-refractivity contribution in [3.63, 3.8) is 0 Å². The average molecular weight is 419 g/mol. The molecular formula is C11H11Cl7N2. The minimum atomic E-state index is -1.48. The van der Waals surface area contributed by atoms with Gasteiger partial charge in [0.05, 0.1) is 15.4 Å². The fraction of sp³-hybridized carbons (Fsp3) is 0.636. The Labute approximate surface area is 152 Å². The molecule has 114 valence electrons. The van der Waals surface area contributed by atoms with Gasteiger partial charge in [-0.3, -0.25) is 0 Å².